The van der Waals surface area contributed by atoms with Gasteiger partial charge in [-0.1, -0.05) is 40.2 Å². The Kier molecular flexibility index (Phi) is 7.14. The lowest BCUT2D eigenvalue weighted by atomic mass is 10.2. The molecule has 0 radical (unpaired) electrons. The second kappa shape index (κ2) is 9.34. The van der Waals surface area contributed by atoms with Crippen molar-refractivity contribution in [2.45, 2.75) is 12.8 Å². The number of halogens is 2. The molecular weight excluding hydrogens is 438 g/mol. The molecule has 0 fully saturated rings. The third kappa shape index (κ3) is 6.25. The van der Waals surface area contributed by atoms with Crippen LogP contribution in [-0.4, -0.2) is 18.0 Å². The maximum atomic E-state index is 11.8. The zero-order chi connectivity index (χ0) is 17.4. The van der Waals surface area contributed by atoms with Crippen molar-refractivity contribution < 1.29 is 9.59 Å². The highest BCUT2D eigenvalue weighted by atomic mass is 79.9. The number of nitrogens with zero attached hydrogens (tertiary/aromatic N) is 1. The number of hydrogen-bond donors (Lipinski definition) is 2. The smallest absolute Gasteiger partial charge is 0.240 e. The Hall–Kier alpha value is -1.99. The molecule has 0 saturated carbocycles. The summed E-state index contributed by atoms with van der Waals surface area (Å²) in [5.74, 6) is -0.542. The Balaban J connectivity index is 1.73. The average molecular weight is 453 g/mol. The molecule has 2 rings (SSSR count). The van der Waals surface area contributed by atoms with E-state index in [0.717, 1.165) is 14.5 Å². The summed E-state index contributed by atoms with van der Waals surface area (Å²) in [6, 6.07) is 14.8. The molecule has 0 saturated heterocycles. The monoisotopic (exact) mass is 451 g/mol. The number of anilines is 1. The molecule has 24 heavy (non-hydrogen) atoms. The average Bonchev–Trinajstić information content (AvgIpc) is 2.57. The van der Waals surface area contributed by atoms with Crippen LogP contribution in [0.25, 0.3) is 0 Å². The quantitative estimate of drug-likeness (QED) is 0.512. The Morgan fingerprint density at radius 2 is 1.62 bits per heavy atom. The number of carbonyl (C=O) groups is 2. The topological polar surface area (TPSA) is 70.6 Å². The lowest BCUT2D eigenvalue weighted by Crippen LogP contribution is -2.20. The van der Waals surface area contributed by atoms with E-state index in [1.54, 1.807) is 12.3 Å². The molecule has 0 aliphatic rings. The van der Waals surface area contributed by atoms with E-state index in [-0.39, 0.29) is 24.7 Å². The summed E-state index contributed by atoms with van der Waals surface area (Å²) in [4.78, 5) is 23.5. The van der Waals surface area contributed by atoms with Gasteiger partial charge in [0.05, 0.1) is 11.9 Å². The Morgan fingerprint density at radius 1 is 0.958 bits per heavy atom. The predicted octanol–water partition coefficient (Wildman–Crippen LogP) is 4.08. The molecule has 2 aromatic rings. The van der Waals surface area contributed by atoms with Crippen LogP contribution in [0.3, 0.4) is 0 Å². The first kappa shape index (κ1) is 18.4. The third-order valence-electron chi connectivity index (χ3n) is 3.00. The standard InChI is InChI=1S/C17H15Br2N3O2/c18-13-7-5-12(6-8-13)11-20-22-17(24)10-9-16(23)21-15-4-2-1-3-14(15)19/h1-8,11H,9-10H2,(H,21,23)(H,22,24)/b20-11+. The molecule has 0 aliphatic heterocycles. The van der Waals surface area contributed by atoms with Gasteiger partial charge >= 0.3 is 0 Å². The van der Waals surface area contributed by atoms with Gasteiger partial charge in [0.25, 0.3) is 0 Å². The van der Waals surface area contributed by atoms with E-state index in [2.05, 4.69) is 47.7 Å². The highest BCUT2D eigenvalue weighted by Crippen LogP contribution is 2.21. The number of amides is 2. The number of hydrogen-bond acceptors (Lipinski definition) is 3. The summed E-state index contributed by atoms with van der Waals surface area (Å²) in [7, 11) is 0. The van der Waals surface area contributed by atoms with Crippen molar-refractivity contribution in [3.05, 3.63) is 63.0 Å². The van der Waals surface area contributed by atoms with Crippen molar-refractivity contribution in [1.29, 1.82) is 0 Å². The van der Waals surface area contributed by atoms with Crippen LogP contribution in [0.4, 0.5) is 5.69 Å². The fraction of sp³-hybridized carbons (Fsp3) is 0.118. The van der Waals surface area contributed by atoms with Gasteiger partial charge in [0.2, 0.25) is 11.8 Å². The molecule has 0 spiro atoms. The van der Waals surface area contributed by atoms with E-state index in [0.29, 0.717) is 5.69 Å². The van der Waals surface area contributed by atoms with Crippen LogP contribution in [0, 0.1) is 0 Å². The lowest BCUT2D eigenvalue weighted by Gasteiger charge is -2.06. The molecule has 0 heterocycles. The van der Waals surface area contributed by atoms with Crippen molar-refractivity contribution in [3.8, 4) is 0 Å². The van der Waals surface area contributed by atoms with Gasteiger partial charge in [0.15, 0.2) is 0 Å². The third-order valence-corrected chi connectivity index (χ3v) is 4.22. The van der Waals surface area contributed by atoms with Crippen LogP contribution in [-0.2, 0) is 9.59 Å². The number of carbonyl (C=O) groups excluding carboxylic acids is 2. The highest BCUT2D eigenvalue weighted by molar-refractivity contribution is 9.10. The molecule has 0 bridgehead atoms. The summed E-state index contributed by atoms with van der Waals surface area (Å²) >= 11 is 6.69. The first-order chi connectivity index (χ1) is 11.5. The summed E-state index contributed by atoms with van der Waals surface area (Å²) in [6.45, 7) is 0. The van der Waals surface area contributed by atoms with Crippen molar-refractivity contribution in [3.63, 3.8) is 0 Å². The minimum atomic E-state index is -0.314. The van der Waals surface area contributed by atoms with Crippen LogP contribution >= 0.6 is 31.9 Å². The van der Waals surface area contributed by atoms with E-state index < -0.39 is 0 Å². The molecule has 0 aliphatic carbocycles. The highest BCUT2D eigenvalue weighted by Gasteiger charge is 2.08. The first-order valence-electron chi connectivity index (χ1n) is 7.16. The van der Waals surface area contributed by atoms with Crippen LogP contribution in [0.15, 0.2) is 62.6 Å². The van der Waals surface area contributed by atoms with Gasteiger partial charge in [-0.2, -0.15) is 5.10 Å². The van der Waals surface area contributed by atoms with Gasteiger partial charge in [-0.05, 0) is 45.8 Å². The van der Waals surface area contributed by atoms with Crippen molar-refractivity contribution in [2.24, 2.45) is 5.10 Å². The number of hydrazone groups is 1. The normalized spacial score (nSPS) is 10.6. The SMILES string of the molecule is O=C(CCC(=O)Nc1ccccc1Br)N/N=C/c1ccc(Br)cc1. The second-order valence-corrected chi connectivity index (χ2v) is 6.64. The summed E-state index contributed by atoms with van der Waals surface area (Å²) in [5, 5.41) is 6.61. The molecule has 0 unspecified atom stereocenters. The predicted molar refractivity (Wildman–Crippen MR) is 102 cm³/mol. The fourth-order valence-electron chi connectivity index (χ4n) is 1.79. The molecule has 5 nitrogen and oxygen atoms in total. The summed E-state index contributed by atoms with van der Waals surface area (Å²) in [5.41, 5.74) is 3.95. The maximum absolute atomic E-state index is 11.8. The van der Waals surface area contributed by atoms with E-state index >= 15 is 0 Å². The number of rotatable bonds is 6. The Bertz CT molecular complexity index is 746. The molecule has 2 amide bonds. The number of benzene rings is 2. The van der Waals surface area contributed by atoms with Crippen LogP contribution in [0.2, 0.25) is 0 Å². The summed E-state index contributed by atoms with van der Waals surface area (Å²) in [6.07, 6.45) is 1.69. The van der Waals surface area contributed by atoms with Gasteiger partial charge in [0, 0.05) is 21.8 Å². The van der Waals surface area contributed by atoms with Crippen molar-refractivity contribution in [1.82, 2.24) is 5.43 Å². The second-order valence-electron chi connectivity index (χ2n) is 4.87. The van der Waals surface area contributed by atoms with Gasteiger partial charge in [-0.3, -0.25) is 9.59 Å². The number of nitrogens with one attached hydrogen (secondary N) is 2. The maximum Gasteiger partial charge on any atom is 0.240 e. The van der Waals surface area contributed by atoms with Crippen molar-refractivity contribution >= 4 is 55.6 Å². The Labute approximate surface area is 156 Å². The number of para-hydroxylation sites is 1. The van der Waals surface area contributed by atoms with Crippen LogP contribution in [0.1, 0.15) is 18.4 Å². The zero-order valence-electron chi connectivity index (χ0n) is 12.6. The fourth-order valence-corrected chi connectivity index (χ4v) is 2.43. The van der Waals surface area contributed by atoms with Crippen LogP contribution < -0.4 is 10.7 Å². The van der Waals surface area contributed by atoms with Gasteiger partial charge in [-0.25, -0.2) is 5.43 Å². The van der Waals surface area contributed by atoms with E-state index in [1.807, 2.05) is 42.5 Å². The first-order valence-corrected chi connectivity index (χ1v) is 8.75. The minimum Gasteiger partial charge on any atom is -0.325 e. The van der Waals surface area contributed by atoms with Crippen LogP contribution in [0.5, 0.6) is 0 Å². The Morgan fingerprint density at radius 3 is 2.33 bits per heavy atom. The molecule has 0 atom stereocenters. The zero-order valence-corrected chi connectivity index (χ0v) is 15.8. The molecule has 124 valence electrons. The lowest BCUT2D eigenvalue weighted by molar-refractivity contribution is -0.124. The molecule has 2 aromatic carbocycles. The van der Waals surface area contributed by atoms with Gasteiger partial charge < -0.3 is 5.32 Å². The van der Waals surface area contributed by atoms with Gasteiger partial charge in [0.1, 0.15) is 0 Å². The van der Waals surface area contributed by atoms with E-state index in [9.17, 15) is 9.59 Å². The van der Waals surface area contributed by atoms with Gasteiger partial charge in [-0.15, -0.1) is 0 Å². The molecule has 0 aromatic heterocycles. The molecule has 7 heteroatoms. The van der Waals surface area contributed by atoms with E-state index in [1.165, 1.54) is 0 Å². The molecular formula is C17H15Br2N3O2. The molecule has 2 N–H and O–H groups in total. The minimum absolute atomic E-state index is 0.0635. The van der Waals surface area contributed by atoms with E-state index in [4.69, 9.17) is 0 Å². The summed E-state index contributed by atoms with van der Waals surface area (Å²) < 4.78 is 1.77. The van der Waals surface area contributed by atoms with Crippen molar-refractivity contribution in [2.75, 3.05) is 5.32 Å². The largest absolute Gasteiger partial charge is 0.325 e.